The van der Waals surface area contributed by atoms with Crippen LogP contribution in [0.25, 0.3) is 0 Å². The Morgan fingerprint density at radius 1 is 0.440 bits per heavy atom. The molecule has 0 aliphatic carbocycles. The van der Waals surface area contributed by atoms with Crippen LogP contribution in [-0.2, 0) is 28.8 Å². The second kappa shape index (κ2) is 39.1. The van der Waals surface area contributed by atoms with Gasteiger partial charge >= 0.3 is 101 Å². The average molecular weight is 402 g/mol. The fourth-order valence-electron chi connectivity index (χ4n) is 0. The monoisotopic (exact) mass is 402 g/mol. The summed E-state index contributed by atoms with van der Waals surface area (Å²) in [6.07, 6.45) is 0. The smallest absolute Gasteiger partial charge is 1.00 e. The molecule has 0 aliphatic heterocycles. The van der Waals surface area contributed by atoms with Crippen LogP contribution in [0.3, 0.4) is 0 Å². The van der Waals surface area contributed by atoms with Crippen molar-refractivity contribution in [3.8, 4) is 0 Å². The summed E-state index contributed by atoms with van der Waals surface area (Å²) in [5, 5.41) is 44.4. The van der Waals surface area contributed by atoms with Crippen LogP contribution in [0.2, 0.25) is 0 Å². The van der Waals surface area contributed by atoms with E-state index in [-0.39, 0.29) is 93.0 Å². The molecule has 0 aromatic rings. The van der Waals surface area contributed by atoms with E-state index in [4.69, 9.17) is 59.4 Å². The van der Waals surface area contributed by atoms with Gasteiger partial charge in [-0.05, 0) is 0 Å². The van der Waals surface area contributed by atoms with Gasteiger partial charge in [-0.1, -0.05) is 0 Å². The molecule has 0 radical (unpaired) electrons. The maximum absolute atomic E-state index is 9.10. The van der Waals surface area contributed by atoms with Crippen LogP contribution in [0, 0.1) is 0 Å². The molecule has 0 atom stereocenters. The number of carboxylic acids is 6. The molecular formula is C10H21Na3O12. The third kappa shape index (κ3) is 777. The van der Waals surface area contributed by atoms with Crippen LogP contribution in [0.5, 0.6) is 0 Å². The Morgan fingerprint density at radius 2 is 0.480 bits per heavy atom. The van der Waals surface area contributed by atoms with Crippen LogP contribution in [0.1, 0.15) is 32.0 Å². The number of hydrogen-bond acceptors (Lipinski definition) is 6. The Labute approximate surface area is 213 Å². The number of hydrogen-bond donors (Lipinski definition) is 6. The van der Waals surface area contributed by atoms with Gasteiger partial charge in [0.1, 0.15) is 0 Å². The molecule has 0 heterocycles. The van der Waals surface area contributed by atoms with Gasteiger partial charge in [-0.25, -0.2) is 9.59 Å². The summed E-state index contributed by atoms with van der Waals surface area (Å²) in [6.45, 7) is 4.33. The summed E-state index contributed by atoms with van der Waals surface area (Å²) in [4.78, 5) is 54.2. The van der Waals surface area contributed by atoms with Gasteiger partial charge in [0.25, 0.3) is 23.9 Å². The largest absolute Gasteiger partial charge is 1.00 e. The topological polar surface area (TPSA) is 224 Å². The summed E-state index contributed by atoms with van der Waals surface area (Å²) in [5.74, 6) is -6.98. The van der Waals surface area contributed by atoms with Gasteiger partial charge in [0, 0.05) is 27.7 Å². The van der Waals surface area contributed by atoms with Crippen molar-refractivity contribution in [2.45, 2.75) is 27.7 Å². The summed E-state index contributed by atoms with van der Waals surface area (Å²) in [5.41, 5.74) is 0. The van der Waals surface area contributed by atoms with Crippen molar-refractivity contribution in [1.82, 2.24) is 0 Å². The zero-order valence-electron chi connectivity index (χ0n) is 18.1. The van der Waals surface area contributed by atoms with Crippen molar-refractivity contribution in [2.24, 2.45) is 0 Å². The van der Waals surface area contributed by atoms with Crippen LogP contribution < -0.4 is 88.7 Å². The van der Waals surface area contributed by atoms with Gasteiger partial charge in [0.2, 0.25) is 0 Å². The number of carbonyl (C=O) groups is 6. The predicted molar refractivity (Wildman–Crippen MR) is 71.8 cm³/mol. The minimum absolute atomic E-state index is 0. The molecule has 15 heteroatoms. The van der Waals surface area contributed by atoms with Crippen LogP contribution >= 0.6 is 0 Å². The predicted octanol–water partition coefficient (Wildman–Crippen LogP) is -9.13. The summed E-state index contributed by atoms with van der Waals surface area (Å²) >= 11 is 0. The number of rotatable bonds is 0. The maximum Gasteiger partial charge on any atom is 1.00 e. The fourth-order valence-corrected chi connectivity index (χ4v) is 0. The van der Waals surface area contributed by atoms with Crippen molar-refractivity contribution >= 4 is 35.8 Å². The first-order chi connectivity index (χ1) is 9.57. The molecule has 0 unspecified atom stereocenters. The Balaban J connectivity index is -0.0000000137. The van der Waals surface area contributed by atoms with Gasteiger partial charge in [-0.2, -0.15) is 0 Å². The van der Waals surface area contributed by atoms with E-state index in [1.807, 2.05) is 0 Å². The molecule has 136 valence electrons. The van der Waals surface area contributed by atoms with Gasteiger partial charge in [-0.3, -0.25) is 19.2 Å². The second-order valence-corrected chi connectivity index (χ2v) is 2.69. The SMILES string of the molecule is CC(=O)O.CC(=O)O.CC(=O)O.CC(=O)O.O=C(O)C(=O)O.[H-].[H-].[H-].[Na+].[Na+].[Na+]. The van der Waals surface area contributed by atoms with E-state index in [1.165, 1.54) is 0 Å². The molecule has 0 aliphatic rings. The molecule has 12 nitrogen and oxygen atoms in total. The number of aliphatic carboxylic acids is 6. The molecule has 0 saturated carbocycles. The molecule has 0 fully saturated rings. The Hall–Kier alpha value is -0.180. The van der Waals surface area contributed by atoms with Gasteiger partial charge < -0.3 is 34.9 Å². The normalized spacial score (nSPS) is 5.76. The van der Waals surface area contributed by atoms with Crippen LogP contribution in [0.15, 0.2) is 0 Å². The van der Waals surface area contributed by atoms with Crippen molar-refractivity contribution in [1.29, 1.82) is 0 Å². The van der Waals surface area contributed by atoms with E-state index in [0.717, 1.165) is 27.7 Å². The van der Waals surface area contributed by atoms with E-state index < -0.39 is 35.8 Å². The zero-order chi connectivity index (χ0) is 19.5. The van der Waals surface area contributed by atoms with Crippen molar-refractivity contribution in [3.63, 3.8) is 0 Å². The first-order valence-electron chi connectivity index (χ1n) is 4.82. The van der Waals surface area contributed by atoms with Crippen molar-refractivity contribution in [3.05, 3.63) is 0 Å². The third-order valence-corrected chi connectivity index (χ3v) is 0.183. The summed E-state index contributed by atoms with van der Waals surface area (Å²) < 4.78 is 0. The van der Waals surface area contributed by atoms with E-state index in [2.05, 4.69) is 0 Å². The maximum atomic E-state index is 9.10. The summed E-state index contributed by atoms with van der Waals surface area (Å²) in [7, 11) is 0. The molecule has 0 rings (SSSR count). The van der Waals surface area contributed by atoms with E-state index in [1.54, 1.807) is 0 Å². The quantitative estimate of drug-likeness (QED) is 0.164. The third-order valence-electron chi connectivity index (χ3n) is 0.183. The molecule has 0 amide bonds. The fraction of sp³-hybridized carbons (Fsp3) is 0.400. The molecule has 25 heavy (non-hydrogen) atoms. The van der Waals surface area contributed by atoms with Crippen molar-refractivity contribution in [2.75, 3.05) is 0 Å². The molecule has 6 N–H and O–H groups in total. The zero-order valence-corrected chi connectivity index (χ0v) is 21.1. The van der Waals surface area contributed by atoms with Crippen LogP contribution in [-0.4, -0.2) is 66.5 Å². The Morgan fingerprint density at radius 3 is 0.480 bits per heavy atom. The van der Waals surface area contributed by atoms with Gasteiger partial charge in [-0.15, -0.1) is 0 Å². The molecule has 0 aromatic heterocycles. The van der Waals surface area contributed by atoms with E-state index in [9.17, 15) is 0 Å². The first kappa shape index (κ1) is 49.8. The number of carboxylic acid groups (broad SMARTS) is 6. The molecule has 0 saturated heterocycles. The minimum atomic E-state index is -1.82. The standard InChI is InChI=1S/C2H2O4.4C2H4O2.3Na.3H/c3-1(4)2(5)6;4*1-2(3)4;;;;;;/h(H,3,4)(H,5,6);4*1H3,(H,3,4);;;;;;/q;;;;;3*+1;3*-1. The van der Waals surface area contributed by atoms with Gasteiger partial charge in [0.15, 0.2) is 0 Å². The molecular weight excluding hydrogens is 381 g/mol. The van der Waals surface area contributed by atoms with Gasteiger partial charge in [0.05, 0.1) is 0 Å². The van der Waals surface area contributed by atoms with Crippen LogP contribution in [0.4, 0.5) is 0 Å². The minimum Gasteiger partial charge on any atom is -1.00 e. The van der Waals surface area contributed by atoms with E-state index in [0.29, 0.717) is 0 Å². The molecule has 0 bridgehead atoms. The summed E-state index contributed by atoms with van der Waals surface area (Å²) in [6, 6.07) is 0. The Kier molecular flexibility index (Phi) is 77.8. The molecule has 0 spiro atoms. The Bertz CT molecular complexity index is 321. The van der Waals surface area contributed by atoms with E-state index >= 15 is 0 Å². The average Bonchev–Trinajstić information content (AvgIpc) is 2.12. The van der Waals surface area contributed by atoms with Crippen molar-refractivity contribution < 1.29 is 152 Å². The second-order valence-electron chi connectivity index (χ2n) is 2.69. The molecule has 0 aromatic carbocycles. The first-order valence-corrected chi connectivity index (χ1v) is 4.82.